The Labute approximate surface area is 90.6 Å². The third kappa shape index (κ3) is 2.36. The summed E-state index contributed by atoms with van der Waals surface area (Å²) in [6.07, 6.45) is -0.636. The van der Waals surface area contributed by atoms with Gasteiger partial charge in [-0.1, -0.05) is 33.6 Å². The Bertz CT molecular complexity index is 291. The van der Waals surface area contributed by atoms with Crippen LogP contribution in [0.1, 0.15) is 11.7 Å². The van der Waals surface area contributed by atoms with Gasteiger partial charge in [-0.25, -0.2) is 0 Å². The van der Waals surface area contributed by atoms with Crippen molar-refractivity contribution in [1.82, 2.24) is 0 Å². The molecule has 0 aliphatic carbocycles. The molecule has 1 N–H and O–H groups in total. The zero-order valence-corrected chi connectivity index (χ0v) is 9.47. The van der Waals surface area contributed by atoms with E-state index in [0.717, 1.165) is 0 Å². The van der Waals surface area contributed by atoms with Crippen LogP contribution in [0.5, 0.6) is 5.75 Å². The number of aliphatic hydroxyl groups excluding tert-OH is 1. The molecule has 0 amide bonds. The van der Waals surface area contributed by atoms with Gasteiger partial charge < -0.3 is 9.84 Å². The van der Waals surface area contributed by atoms with Crippen molar-refractivity contribution in [3.63, 3.8) is 0 Å². The van der Waals surface area contributed by atoms with Crippen LogP contribution in [0.15, 0.2) is 18.2 Å². The Kier molecular flexibility index (Phi) is 4.03. The van der Waals surface area contributed by atoms with Crippen LogP contribution in [-0.2, 0) is 0 Å². The third-order valence-corrected chi connectivity index (χ3v) is 2.66. The molecule has 1 unspecified atom stereocenters. The number of aliphatic hydroxyl groups is 1. The van der Waals surface area contributed by atoms with Crippen molar-refractivity contribution < 1.29 is 9.84 Å². The van der Waals surface area contributed by atoms with Gasteiger partial charge in [-0.15, -0.1) is 0 Å². The van der Waals surface area contributed by atoms with Gasteiger partial charge in [0.15, 0.2) is 0 Å². The van der Waals surface area contributed by atoms with Gasteiger partial charge in [-0.2, -0.15) is 0 Å². The van der Waals surface area contributed by atoms with Gasteiger partial charge in [0.1, 0.15) is 5.75 Å². The van der Waals surface area contributed by atoms with Crippen LogP contribution >= 0.6 is 27.5 Å². The molecule has 1 aromatic carbocycles. The van der Waals surface area contributed by atoms with Crippen LogP contribution in [0.25, 0.3) is 0 Å². The maximum Gasteiger partial charge on any atom is 0.126 e. The summed E-state index contributed by atoms with van der Waals surface area (Å²) in [5, 5.41) is 10.6. The molecule has 0 heterocycles. The fraction of sp³-hybridized carbons (Fsp3) is 0.333. The molecule has 0 aliphatic heterocycles. The van der Waals surface area contributed by atoms with Gasteiger partial charge >= 0.3 is 0 Å². The summed E-state index contributed by atoms with van der Waals surface area (Å²) in [6.45, 7) is 0. The number of benzene rings is 1. The normalized spacial score (nSPS) is 12.6. The van der Waals surface area contributed by atoms with Crippen LogP contribution in [0, 0.1) is 0 Å². The molecule has 0 saturated heterocycles. The van der Waals surface area contributed by atoms with Crippen LogP contribution in [0.4, 0.5) is 0 Å². The van der Waals surface area contributed by atoms with Crippen molar-refractivity contribution in [3.05, 3.63) is 28.8 Å². The summed E-state index contributed by atoms with van der Waals surface area (Å²) < 4.78 is 5.08. The van der Waals surface area contributed by atoms with Crippen LogP contribution in [-0.4, -0.2) is 17.5 Å². The van der Waals surface area contributed by atoms with Gasteiger partial charge in [-0.05, 0) is 12.1 Å². The summed E-state index contributed by atoms with van der Waals surface area (Å²) in [7, 11) is 1.55. The number of rotatable bonds is 3. The lowest BCUT2D eigenvalue weighted by molar-refractivity contribution is 0.200. The molecule has 0 bridgehead atoms. The van der Waals surface area contributed by atoms with E-state index in [4.69, 9.17) is 16.3 Å². The lowest BCUT2D eigenvalue weighted by Gasteiger charge is -2.13. The fourth-order valence-corrected chi connectivity index (χ4v) is 1.71. The molecule has 2 nitrogen and oxygen atoms in total. The van der Waals surface area contributed by atoms with E-state index in [1.807, 2.05) is 0 Å². The number of methoxy groups -OCH3 is 1. The molecule has 0 fully saturated rings. The molecular formula is C9H10BrClO2. The molecule has 0 saturated carbocycles. The van der Waals surface area contributed by atoms with Crippen molar-refractivity contribution in [2.75, 3.05) is 12.4 Å². The predicted octanol–water partition coefficient (Wildman–Crippen LogP) is 2.78. The highest BCUT2D eigenvalue weighted by atomic mass is 79.9. The second-order valence-electron chi connectivity index (χ2n) is 2.53. The molecule has 1 atom stereocenters. The summed E-state index contributed by atoms with van der Waals surface area (Å²) in [5.41, 5.74) is 0.628. The molecule has 0 aliphatic rings. The van der Waals surface area contributed by atoms with Gasteiger partial charge in [0.05, 0.1) is 18.2 Å². The van der Waals surface area contributed by atoms with E-state index in [2.05, 4.69) is 15.9 Å². The van der Waals surface area contributed by atoms with E-state index >= 15 is 0 Å². The second kappa shape index (κ2) is 4.84. The Balaban J connectivity index is 3.14. The number of ether oxygens (including phenoxy) is 1. The van der Waals surface area contributed by atoms with Crippen LogP contribution in [0.3, 0.4) is 0 Å². The SMILES string of the molecule is COc1cccc(Cl)c1C(O)CBr. The standard InChI is InChI=1S/C9H10BrClO2/c1-13-8-4-2-3-6(11)9(8)7(12)5-10/h2-4,7,12H,5H2,1H3. The quantitative estimate of drug-likeness (QED) is 0.852. The Morgan fingerprint density at radius 1 is 1.62 bits per heavy atom. The molecule has 0 aromatic heterocycles. The maximum atomic E-state index is 9.61. The lowest BCUT2D eigenvalue weighted by atomic mass is 10.1. The zero-order chi connectivity index (χ0) is 9.84. The predicted molar refractivity (Wildman–Crippen MR) is 56.8 cm³/mol. The minimum Gasteiger partial charge on any atom is -0.496 e. The molecule has 0 spiro atoms. The average molecular weight is 266 g/mol. The number of hydrogen-bond donors (Lipinski definition) is 1. The summed E-state index contributed by atoms with van der Waals surface area (Å²) in [5.74, 6) is 0.611. The Morgan fingerprint density at radius 2 is 2.31 bits per heavy atom. The highest BCUT2D eigenvalue weighted by molar-refractivity contribution is 9.09. The highest BCUT2D eigenvalue weighted by Gasteiger charge is 2.15. The van der Waals surface area contributed by atoms with E-state index in [1.54, 1.807) is 25.3 Å². The first-order chi connectivity index (χ1) is 6.20. The maximum absolute atomic E-state index is 9.61. The molecule has 1 rings (SSSR count). The van der Waals surface area contributed by atoms with Gasteiger partial charge in [0, 0.05) is 10.9 Å². The second-order valence-corrected chi connectivity index (χ2v) is 3.58. The van der Waals surface area contributed by atoms with E-state index in [-0.39, 0.29) is 0 Å². The molecule has 1 aromatic rings. The van der Waals surface area contributed by atoms with E-state index in [0.29, 0.717) is 21.7 Å². The van der Waals surface area contributed by atoms with Crippen LogP contribution < -0.4 is 4.74 Å². The van der Waals surface area contributed by atoms with Gasteiger partial charge in [0.25, 0.3) is 0 Å². The summed E-state index contributed by atoms with van der Waals surface area (Å²) in [4.78, 5) is 0. The minimum absolute atomic E-state index is 0.438. The topological polar surface area (TPSA) is 29.5 Å². The number of hydrogen-bond acceptors (Lipinski definition) is 2. The first-order valence-corrected chi connectivity index (χ1v) is 5.27. The van der Waals surface area contributed by atoms with E-state index < -0.39 is 6.10 Å². The first-order valence-electron chi connectivity index (χ1n) is 3.77. The first kappa shape index (κ1) is 10.8. The van der Waals surface area contributed by atoms with Crippen molar-refractivity contribution in [2.24, 2.45) is 0 Å². The zero-order valence-electron chi connectivity index (χ0n) is 7.13. The molecule has 13 heavy (non-hydrogen) atoms. The van der Waals surface area contributed by atoms with Gasteiger partial charge in [-0.3, -0.25) is 0 Å². The molecule has 72 valence electrons. The van der Waals surface area contributed by atoms with E-state index in [1.165, 1.54) is 0 Å². The monoisotopic (exact) mass is 264 g/mol. The molecule has 0 radical (unpaired) electrons. The smallest absolute Gasteiger partial charge is 0.126 e. The number of halogens is 2. The third-order valence-electron chi connectivity index (χ3n) is 1.71. The van der Waals surface area contributed by atoms with Crippen molar-refractivity contribution in [3.8, 4) is 5.75 Å². The molecule has 4 heteroatoms. The van der Waals surface area contributed by atoms with Crippen molar-refractivity contribution >= 4 is 27.5 Å². The Morgan fingerprint density at radius 3 is 2.85 bits per heavy atom. The molecular weight excluding hydrogens is 255 g/mol. The minimum atomic E-state index is -0.636. The Hall–Kier alpha value is -0.250. The summed E-state index contributed by atoms with van der Waals surface area (Å²) in [6, 6.07) is 5.28. The highest BCUT2D eigenvalue weighted by Crippen LogP contribution is 2.32. The lowest BCUT2D eigenvalue weighted by Crippen LogP contribution is -2.02. The summed E-state index contributed by atoms with van der Waals surface area (Å²) >= 11 is 9.11. The number of alkyl halides is 1. The largest absolute Gasteiger partial charge is 0.496 e. The van der Waals surface area contributed by atoms with E-state index in [9.17, 15) is 5.11 Å². The van der Waals surface area contributed by atoms with Crippen molar-refractivity contribution in [2.45, 2.75) is 6.10 Å². The fourth-order valence-electron chi connectivity index (χ4n) is 1.10. The van der Waals surface area contributed by atoms with Crippen LogP contribution in [0.2, 0.25) is 5.02 Å². The van der Waals surface area contributed by atoms with Gasteiger partial charge in [0.2, 0.25) is 0 Å². The van der Waals surface area contributed by atoms with Crippen molar-refractivity contribution in [1.29, 1.82) is 0 Å². The average Bonchev–Trinajstić information content (AvgIpc) is 2.16.